The number of hydrogen-bond acceptors (Lipinski definition) is 12. The fourth-order valence-electron chi connectivity index (χ4n) is 13.4. The Balaban J connectivity index is 1.03. The standard InChI is InChI=1S/C55H70N6O6/c1-5-58-44-25-36-9-6-12-39-34-11-8-23-53(3,26-33-15-20-45(56)60-29-33)27-37-10-7-13-42-48(37)50(64)55(52(65)66-31-43(44)41(18-17-34)47(36)39)54(67-55,49(42)63)28-38(30-62)32(2)14-16-35-22-24-59-51-40(35)19-21-46(57-4)61-51/h6-7,9-10,13,15,17-18,20,22,25,29,34,39,41,43-47,57-62H,5,8,11-12,14,16,19,21,23-24,26-28,30-31,56H2,1-4H3. The number of nitrogens with one attached hydrogen (secondary N) is 5. The number of aliphatic hydroxyl groups is 1. The number of Topliss-reactive ketones (excluding diaryl/α,β-unsaturated/α-hetero) is 2. The second-order valence-corrected chi connectivity index (χ2v) is 21.1. The smallest absolute Gasteiger partial charge is 0.350 e. The van der Waals surface area contributed by atoms with Crippen molar-refractivity contribution in [3.8, 4) is 0 Å². The second-order valence-electron chi connectivity index (χ2n) is 21.1. The molecule has 6 bridgehead atoms. The Labute approximate surface area is 395 Å². The predicted molar refractivity (Wildman–Crippen MR) is 259 cm³/mol. The first-order valence-corrected chi connectivity index (χ1v) is 25.1. The van der Waals surface area contributed by atoms with E-state index >= 15 is 14.4 Å². The summed E-state index contributed by atoms with van der Waals surface area (Å²) in [7, 11) is 1.96. The summed E-state index contributed by atoms with van der Waals surface area (Å²) >= 11 is 0. The van der Waals surface area contributed by atoms with Gasteiger partial charge in [0.2, 0.25) is 5.78 Å². The van der Waals surface area contributed by atoms with E-state index in [0.717, 1.165) is 87.0 Å². The van der Waals surface area contributed by atoms with Gasteiger partial charge in [-0.05, 0) is 147 Å². The molecule has 4 aliphatic carbocycles. The van der Waals surface area contributed by atoms with E-state index in [1.807, 2.05) is 38.4 Å². The number of likely N-dealkylation sites (N-methyl/N-ethyl adjacent to an activating group) is 1. The van der Waals surface area contributed by atoms with Crippen LogP contribution in [0.2, 0.25) is 0 Å². The highest BCUT2D eigenvalue weighted by Gasteiger charge is 2.86. The van der Waals surface area contributed by atoms with E-state index in [9.17, 15) is 5.11 Å². The third kappa shape index (κ3) is 8.04. The van der Waals surface area contributed by atoms with Crippen molar-refractivity contribution in [3.05, 3.63) is 129 Å². The number of dihydropyridines is 2. The second kappa shape index (κ2) is 18.2. The maximum Gasteiger partial charge on any atom is 0.350 e. The van der Waals surface area contributed by atoms with Crippen LogP contribution in [0.4, 0.5) is 0 Å². The van der Waals surface area contributed by atoms with Crippen LogP contribution >= 0.6 is 0 Å². The zero-order valence-electron chi connectivity index (χ0n) is 39.7. The van der Waals surface area contributed by atoms with Crippen LogP contribution in [0.25, 0.3) is 0 Å². The first-order chi connectivity index (χ1) is 32.4. The molecule has 6 aliphatic heterocycles. The summed E-state index contributed by atoms with van der Waals surface area (Å²) in [6.07, 6.45) is 28.4. The largest absolute Gasteiger partial charge is 0.463 e. The lowest BCUT2D eigenvalue weighted by Gasteiger charge is -2.49. The molecule has 11 unspecified atom stereocenters. The van der Waals surface area contributed by atoms with Crippen LogP contribution in [0, 0.1) is 35.0 Å². The average Bonchev–Trinajstić information content (AvgIpc) is 4.04. The Morgan fingerprint density at radius 2 is 1.94 bits per heavy atom. The minimum atomic E-state index is -2.19. The molecule has 1 aromatic carbocycles. The molecule has 1 fully saturated rings. The molecule has 1 spiro atoms. The molecule has 11 rings (SSSR count). The lowest BCUT2D eigenvalue weighted by atomic mass is 9.57. The summed E-state index contributed by atoms with van der Waals surface area (Å²) in [5.74, 6) is 0.456. The van der Waals surface area contributed by atoms with Crippen LogP contribution in [0.5, 0.6) is 0 Å². The highest BCUT2D eigenvalue weighted by molar-refractivity contribution is 6.33. The van der Waals surface area contributed by atoms with Gasteiger partial charge in [0.25, 0.3) is 5.60 Å². The number of fused-ring (bicyclic) bond motifs is 6. The molecule has 6 heterocycles. The van der Waals surface area contributed by atoms with E-state index in [4.69, 9.17) is 15.2 Å². The topological polar surface area (TPSA) is 179 Å². The van der Waals surface area contributed by atoms with Crippen molar-refractivity contribution in [2.24, 2.45) is 40.7 Å². The molecule has 12 heteroatoms. The van der Waals surface area contributed by atoms with Crippen molar-refractivity contribution in [1.29, 1.82) is 0 Å². The van der Waals surface area contributed by atoms with Crippen LogP contribution in [-0.2, 0) is 20.7 Å². The normalized spacial score (nSPS) is 36.5. The van der Waals surface area contributed by atoms with Gasteiger partial charge in [0.15, 0.2) is 11.4 Å². The number of nitrogens with two attached hydrogens (primary N) is 1. The number of aliphatic hydroxyl groups excluding tert-OH is 1. The van der Waals surface area contributed by atoms with Gasteiger partial charge >= 0.3 is 5.97 Å². The molecule has 0 aromatic heterocycles. The molecule has 8 N–H and O–H groups in total. The first-order valence-electron chi connectivity index (χ1n) is 25.1. The summed E-state index contributed by atoms with van der Waals surface area (Å²) in [6, 6.07) is 5.45. The maximum absolute atomic E-state index is 15.6. The molecule has 11 atom stereocenters. The van der Waals surface area contributed by atoms with E-state index in [0.29, 0.717) is 30.3 Å². The van der Waals surface area contributed by atoms with Gasteiger partial charge in [0, 0.05) is 42.3 Å². The number of carbonyl (C=O) groups excluding carboxylic acids is 3. The first kappa shape index (κ1) is 45.9. The highest BCUT2D eigenvalue weighted by Crippen LogP contribution is 2.61. The van der Waals surface area contributed by atoms with E-state index < -0.39 is 28.7 Å². The summed E-state index contributed by atoms with van der Waals surface area (Å²) in [5.41, 5.74) is 9.56. The minimum absolute atomic E-state index is 0.0605. The van der Waals surface area contributed by atoms with E-state index in [2.05, 4.69) is 83.0 Å². The van der Waals surface area contributed by atoms with Crippen molar-refractivity contribution in [2.45, 2.75) is 121 Å². The molecule has 1 aromatic rings. The average molecular weight is 911 g/mol. The van der Waals surface area contributed by atoms with Gasteiger partial charge in [-0.15, -0.1) is 0 Å². The molecule has 0 radical (unpaired) electrons. The number of ether oxygens (including phenoxy) is 2. The summed E-state index contributed by atoms with van der Waals surface area (Å²) in [5, 5.41) is 28.4. The lowest BCUT2D eigenvalue weighted by Crippen LogP contribution is -2.53. The van der Waals surface area contributed by atoms with Crippen LogP contribution in [-0.4, -0.2) is 85.6 Å². The Morgan fingerprint density at radius 1 is 1.07 bits per heavy atom. The molecular weight excluding hydrogens is 841 g/mol. The van der Waals surface area contributed by atoms with Gasteiger partial charge in [0.1, 0.15) is 5.82 Å². The van der Waals surface area contributed by atoms with Gasteiger partial charge in [-0.3, -0.25) is 9.59 Å². The Bertz CT molecular complexity index is 2460. The number of carbonyl (C=O) groups is 3. The number of hydrogen-bond donors (Lipinski definition) is 7. The van der Waals surface area contributed by atoms with Crippen molar-refractivity contribution < 1.29 is 29.0 Å². The van der Waals surface area contributed by atoms with E-state index in [1.54, 1.807) is 6.07 Å². The molecule has 10 aliphatic rings. The third-order valence-electron chi connectivity index (χ3n) is 17.0. The van der Waals surface area contributed by atoms with Gasteiger partial charge in [-0.25, -0.2) is 4.79 Å². The van der Waals surface area contributed by atoms with E-state index in [1.165, 1.54) is 16.7 Å². The number of rotatable bonds is 11. The predicted octanol–water partition coefficient (Wildman–Crippen LogP) is 6.25. The minimum Gasteiger partial charge on any atom is -0.463 e. The Hall–Kier alpha value is -4.85. The van der Waals surface area contributed by atoms with Crippen molar-refractivity contribution in [1.82, 2.24) is 26.6 Å². The summed E-state index contributed by atoms with van der Waals surface area (Å²) in [6.45, 7) is 7.54. The SMILES string of the molecule is CCNC1C=C2C=CCC3C4C=CC(C1COC(=O)C15OC1(CC(CO)=C(C)CCC1=CCNC6=C1CCC(NC)N6)C(=O)c1cccc(c1C5=O)CC(C)(CC1=CNC(N)C=C1)CCC4)C23. The van der Waals surface area contributed by atoms with Gasteiger partial charge < -0.3 is 46.9 Å². The number of benzene rings is 1. The quantitative estimate of drug-likeness (QED) is 0.0576. The lowest BCUT2D eigenvalue weighted by molar-refractivity contribution is -0.150. The molecular formula is C55H70N6O6. The maximum atomic E-state index is 15.6. The zero-order chi connectivity index (χ0) is 46.7. The Morgan fingerprint density at radius 3 is 2.73 bits per heavy atom. The van der Waals surface area contributed by atoms with Crippen LogP contribution in [0.1, 0.15) is 111 Å². The summed E-state index contributed by atoms with van der Waals surface area (Å²) in [4.78, 5) is 46.2. The highest BCUT2D eigenvalue weighted by atomic mass is 16.7. The number of esters is 1. The fraction of sp³-hybridized carbons (Fsp3) is 0.545. The van der Waals surface area contributed by atoms with Crippen molar-refractivity contribution in [3.63, 3.8) is 0 Å². The van der Waals surface area contributed by atoms with Gasteiger partial charge in [0.05, 0.1) is 25.5 Å². The molecule has 1 saturated heterocycles. The Kier molecular flexibility index (Phi) is 12.5. The van der Waals surface area contributed by atoms with Crippen LogP contribution in [0.15, 0.2) is 112 Å². The molecule has 12 nitrogen and oxygen atoms in total. The summed E-state index contributed by atoms with van der Waals surface area (Å²) < 4.78 is 13.1. The van der Waals surface area contributed by atoms with E-state index in [-0.39, 0.29) is 72.3 Å². The molecule has 67 heavy (non-hydrogen) atoms. The van der Waals surface area contributed by atoms with Crippen molar-refractivity contribution in [2.75, 3.05) is 33.4 Å². The third-order valence-corrected chi connectivity index (χ3v) is 17.0. The monoisotopic (exact) mass is 911 g/mol. The molecule has 0 saturated carbocycles. The number of epoxide rings is 1. The zero-order valence-corrected chi connectivity index (χ0v) is 39.7. The molecule has 356 valence electrons. The molecule has 0 amide bonds. The van der Waals surface area contributed by atoms with Gasteiger partial charge in [-0.1, -0.05) is 86.6 Å². The van der Waals surface area contributed by atoms with Gasteiger partial charge in [-0.2, -0.15) is 0 Å². The van der Waals surface area contributed by atoms with Crippen LogP contribution < -0.4 is 32.3 Å². The van der Waals surface area contributed by atoms with Crippen molar-refractivity contribution >= 4 is 17.5 Å². The fourth-order valence-corrected chi connectivity index (χ4v) is 13.4. The van der Waals surface area contributed by atoms with Crippen LogP contribution in [0.3, 0.4) is 0 Å². The number of allylic oxidation sites excluding steroid dienone is 10. The number of ketones is 2.